The van der Waals surface area contributed by atoms with Crippen LogP contribution in [0.5, 0.6) is 0 Å². The predicted octanol–water partition coefficient (Wildman–Crippen LogP) is 3.40. The summed E-state index contributed by atoms with van der Waals surface area (Å²) in [6.45, 7) is 12.1. The number of aryl methyl sites for hydroxylation is 1. The van der Waals surface area contributed by atoms with E-state index in [-0.39, 0.29) is 7.43 Å². The van der Waals surface area contributed by atoms with Gasteiger partial charge in [-0.1, -0.05) is 31.7 Å². The Morgan fingerprint density at radius 3 is 2.40 bits per heavy atom. The summed E-state index contributed by atoms with van der Waals surface area (Å²) in [5, 5.41) is 12.5. The van der Waals surface area contributed by atoms with Crippen LogP contribution in [-0.2, 0) is 6.54 Å². The largest absolute Gasteiger partial charge is 0.391 e. The molecule has 1 aromatic carbocycles. The van der Waals surface area contributed by atoms with Crippen molar-refractivity contribution in [3.8, 4) is 11.3 Å². The molecule has 2 heterocycles. The average Bonchev–Trinajstić information content (AvgIpc) is 3.04. The quantitative estimate of drug-likeness (QED) is 0.800. The van der Waals surface area contributed by atoms with Gasteiger partial charge in [0.25, 0.3) is 0 Å². The number of hydrogen-bond donors (Lipinski definition) is 1. The van der Waals surface area contributed by atoms with Gasteiger partial charge in [-0.25, -0.2) is 4.98 Å². The van der Waals surface area contributed by atoms with E-state index in [9.17, 15) is 5.11 Å². The van der Waals surface area contributed by atoms with Crippen molar-refractivity contribution in [3.63, 3.8) is 0 Å². The normalized spacial score (nSPS) is 17.2. The Hall–Kier alpha value is -1.27. The molecule has 0 bridgehead atoms. The molecule has 1 aromatic heterocycles. The van der Waals surface area contributed by atoms with Gasteiger partial charge in [-0.05, 0) is 19.4 Å². The molecule has 138 valence electrons. The Morgan fingerprint density at radius 1 is 1.20 bits per heavy atom. The second kappa shape index (κ2) is 8.90. The molecule has 0 unspecified atom stereocenters. The molecule has 0 saturated carbocycles. The number of benzene rings is 1. The maximum atomic E-state index is 9.30. The standard InChI is InChI=1S/C19H28N3OS.CH4/c1-3-22(12-13-23)10-8-21(9-11-22)14-17-4-6-18(7-5-17)19-15-24-16(2)20-19;/h4-7,15,23H,3,8-14H2,1-2H3;1H4/q+1;. The fourth-order valence-corrected chi connectivity index (χ4v) is 4.16. The van der Waals surface area contributed by atoms with E-state index in [0.717, 1.165) is 61.0 Å². The third-order valence-electron chi connectivity index (χ3n) is 5.30. The van der Waals surface area contributed by atoms with E-state index < -0.39 is 0 Å². The molecule has 5 heteroatoms. The van der Waals surface area contributed by atoms with E-state index >= 15 is 0 Å². The van der Waals surface area contributed by atoms with Gasteiger partial charge in [0.15, 0.2) is 0 Å². The van der Waals surface area contributed by atoms with Crippen LogP contribution in [0.3, 0.4) is 0 Å². The highest BCUT2D eigenvalue weighted by atomic mass is 32.1. The summed E-state index contributed by atoms with van der Waals surface area (Å²) < 4.78 is 1.06. The minimum absolute atomic E-state index is 0. The number of piperazine rings is 1. The monoisotopic (exact) mass is 362 g/mol. The lowest BCUT2D eigenvalue weighted by molar-refractivity contribution is -0.930. The SMILES string of the molecule is C.CC[N+]1(CCO)CCN(Cc2ccc(-c3csc(C)n3)cc2)CC1. The van der Waals surface area contributed by atoms with Crippen LogP contribution in [0.2, 0.25) is 0 Å². The Kier molecular flexibility index (Phi) is 7.14. The van der Waals surface area contributed by atoms with Crippen molar-refractivity contribution in [2.45, 2.75) is 27.8 Å². The molecular weight excluding hydrogens is 330 g/mol. The number of quaternary nitrogens is 1. The van der Waals surface area contributed by atoms with Gasteiger partial charge < -0.3 is 9.59 Å². The summed E-state index contributed by atoms with van der Waals surface area (Å²) in [5.74, 6) is 0. The minimum atomic E-state index is 0. The second-order valence-corrected chi connectivity index (χ2v) is 7.84. The maximum absolute atomic E-state index is 9.30. The molecule has 0 spiro atoms. The number of likely N-dealkylation sites (N-methyl/N-ethyl adjacent to an activating group) is 1. The number of thiazole rings is 1. The van der Waals surface area contributed by atoms with E-state index in [4.69, 9.17) is 0 Å². The molecule has 0 atom stereocenters. The van der Waals surface area contributed by atoms with Crippen LogP contribution in [0.4, 0.5) is 0 Å². The second-order valence-electron chi connectivity index (χ2n) is 6.78. The third kappa shape index (κ3) is 4.88. The smallest absolute Gasteiger partial charge is 0.102 e. The first kappa shape index (κ1) is 20.0. The van der Waals surface area contributed by atoms with Crippen LogP contribution in [0.1, 0.15) is 24.9 Å². The highest BCUT2D eigenvalue weighted by Crippen LogP contribution is 2.22. The van der Waals surface area contributed by atoms with Gasteiger partial charge in [0.1, 0.15) is 6.54 Å². The van der Waals surface area contributed by atoms with Crippen LogP contribution >= 0.6 is 11.3 Å². The molecule has 0 aliphatic carbocycles. The van der Waals surface area contributed by atoms with Crippen molar-refractivity contribution in [2.75, 3.05) is 45.9 Å². The molecule has 3 rings (SSSR count). The first-order valence-corrected chi connectivity index (χ1v) is 9.72. The highest BCUT2D eigenvalue weighted by Gasteiger charge is 2.30. The number of aliphatic hydroxyl groups excluding tert-OH is 1. The first-order valence-electron chi connectivity index (χ1n) is 8.84. The molecule has 1 saturated heterocycles. The summed E-state index contributed by atoms with van der Waals surface area (Å²) in [6.07, 6.45) is 0. The Labute approximate surface area is 156 Å². The van der Waals surface area contributed by atoms with Crippen LogP contribution in [0.15, 0.2) is 29.6 Å². The fraction of sp³-hybridized carbons (Fsp3) is 0.550. The van der Waals surface area contributed by atoms with E-state index in [1.54, 1.807) is 11.3 Å². The number of aliphatic hydroxyl groups is 1. The zero-order chi connectivity index (χ0) is 17.0. The molecule has 0 amide bonds. The molecule has 1 fully saturated rings. The van der Waals surface area contributed by atoms with Gasteiger partial charge in [0.2, 0.25) is 0 Å². The van der Waals surface area contributed by atoms with Crippen molar-refractivity contribution in [1.82, 2.24) is 9.88 Å². The van der Waals surface area contributed by atoms with Gasteiger partial charge in [-0.2, -0.15) is 0 Å². The van der Waals surface area contributed by atoms with E-state index in [1.165, 1.54) is 11.1 Å². The Morgan fingerprint density at radius 2 is 1.88 bits per heavy atom. The van der Waals surface area contributed by atoms with Crippen molar-refractivity contribution >= 4 is 11.3 Å². The number of nitrogens with zero attached hydrogens (tertiary/aromatic N) is 3. The zero-order valence-corrected chi connectivity index (χ0v) is 15.6. The average molecular weight is 363 g/mol. The molecule has 1 aliphatic heterocycles. The van der Waals surface area contributed by atoms with Gasteiger partial charge >= 0.3 is 0 Å². The molecule has 0 radical (unpaired) electrons. The molecule has 4 nitrogen and oxygen atoms in total. The molecular formula is C20H32N3OS+. The Bertz CT molecular complexity index is 645. The molecule has 2 aromatic rings. The lowest BCUT2D eigenvalue weighted by Crippen LogP contribution is -2.60. The van der Waals surface area contributed by atoms with Crippen LogP contribution in [0.25, 0.3) is 11.3 Å². The van der Waals surface area contributed by atoms with Gasteiger partial charge in [0.05, 0.1) is 36.9 Å². The third-order valence-corrected chi connectivity index (χ3v) is 6.07. The van der Waals surface area contributed by atoms with Crippen molar-refractivity contribution in [3.05, 3.63) is 40.2 Å². The summed E-state index contributed by atoms with van der Waals surface area (Å²) in [4.78, 5) is 7.09. The lowest BCUT2D eigenvalue weighted by Gasteiger charge is -2.44. The van der Waals surface area contributed by atoms with Crippen LogP contribution in [0, 0.1) is 6.92 Å². The van der Waals surface area contributed by atoms with E-state index in [2.05, 4.69) is 46.5 Å². The highest BCUT2D eigenvalue weighted by molar-refractivity contribution is 7.09. The Balaban J connectivity index is 0.00000225. The number of rotatable bonds is 6. The van der Waals surface area contributed by atoms with Gasteiger partial charge in [-0.15, -0.1) is 11.3 Å². The minimum Gasteiger partial charge on any atom is -0.391 e. The number of hydrogen-bond acceptors (Lipinski definition) is 4. The first-order chi connectivity index (χ1) is 11.6. The van der Waals surface area contributed by atoms with Crippen LogP contribution < -0.4 is 0 Å². The predicted molar refractivity (Wildman–Crippen MR) is 107 cm³/mol. The van der Waals surface area contributed by atoms with Crippen molar-refractivity contribution in [2.24, 2.45) is 0 Å². The van der Waals surface area contributed by atoms with Crippen LogP contribution in [-0.4, -0.2) is 65.3 Å². The molecule has 25 heavy (non-hydrogen) atoms. The lowest BCUT2D eigenvalue weighted by atomic mass is 10.1. The zero-order valence-electron chi connectivity index (χ0n) is 14.7. The number of aromatic nitrogens is 1. The van der Waals surface area contributed by atoms with Crippen molar-refractivity contribution < 1.29 is 9.59 Å². The summed E-state index contributed by atoms with van der Waals surface area (Å²) in [5.41, 5.74) is 3.65. The summed E-state index contributed by atoms with van der Waals surface area (Å²) >= 11 is 1.70. The topological polar surface area (TPSA) is 36.4 Å². The fourth-order valence-electron chi connectivity index (χ4n) is 3.53. The van der Waals surface area contributed by atoms with Gasteiger partial charge in [0, 0.05) is 30.6 Å². The van der Waals surface area contributed by atoms with Crippen molar-refractivity contribution in [1.29, 1.82) is 0 Å². The van der Waals surface area contributed by atoms with E-state index in [0.29, 0.717) is 6.61 Å². The maximum Gasteiger partial charge on any atom is 0.102 e. The molecule has 1 aliphatic rings. The van der Waals surface area contributed by atoms with E-state index in [1.807, 2.05) is 6.92 Å². The van der Waals surface area contributed by atoms with Gasteiger partial charge in [-0.3, -0.25) is 4.90 Å². The summed E-state index contributed by atoms with van der Waals surface area (Å²) in [6, 6.07) is 8.83. The molecule has 1 N–H and O–H groups in total. The summed E-state index contributed by atoms with van der Waals surface area (Å²) in [7, 11) is 0.